The molecule has 2 fully saturated rings. The van der Waals surface area contributed by atoms with E-state index in [0.29, 0.717) is 44.2 Å². The summed E-state index contributed by atoms with van der Waals surface area (Å²) in [7, 11) is 0. The van der Waals surface area contributed by atoms with Gasteiger partial charge in [0, 0.05) is 43.2 Å². The number of likely N-dealkylation sites (tertiary alicyclic amines) is 1. The van der Waals surface area contributed by atoms with E-state index in [4.69, 9.17) is 4.74 Å². The molecule has 0 aliphatic carbocycles. The first kappa shape index (κ1) is 16.0. The third kappa shape index (κ3) is 2.86. The fraction of sp³-hybridized carbons (Fsp3) is 0.412. The van der Waals surface area contributed by atoms with Gasteiger partial charge in [-0.05, 0) is 12.5 Å². The molecule has 2 atom stereocenters. The predicted molar refractivity (Wildman–Crippen MR) is 91.3 cm³/mol. The van der Waals surface area contributed by atoms with Crippen LogP contribution >= 0.6 is 11.3 Å². The number of hydrogen-bond donors (Lipinski definition) is 1. The Morgan fingerprint density at radius 3 is 3.12 bits per heavy atom. The van der Waals surface area contributed by atoms with Crippen molar-refractivity contribution < 1.29 is 14.3 Å². The summed E-state index contributed by atoms with van der Waals surface area (Å²) < 4.78 is 5.78. The lowest BCUT2D eigenvalue weighted by Gasteiger charge is -2.27. The maximum absolute atomic E-state index is 12.5. The van der Waals surface area contributed by atoms with E-state index in [9.17, 15) is 9.59 Å². The van der Waals surface area contributed by atoms with Crippen molar-refractivity contribution in [2.24, 2.45) is 11.3 Å². The average Bonchev–Trinajstić information content (AvgIpc) is 3.37. The predicted octanol–water partition coefficient (Wildman–Crippen LogP) is 1.20. The first-order chi connectivity index (χ1) is 12.2. The van der Waals surface area contributed by atoms with E-state index in [1.54, 1.807) is 28.1 Å². The summed E-state index contributed by atoms with van der Waals surface area (Å²) in [5, 5.41) is 4.68. The monoisotopic (exact) mass is 358 g/mol. The van der Waals surface area contributed by atoms with E-state index >= 15 is 0 Å². The lowest BCUT2D eigenvalue weighted by atomic mass is 9.77. The number of thiazole rings is 1. The quantitative estimate of drug-likeness (QED) is 0.888. The van der Waals surface area contributed by atoms with Crippen LogP contribution in [0.25, 0.3) is 0 Å². The molecule has 4 heterocycles. The van der Waals surface area contributed by atoms with Crippen LogP contribution in [0.3, 0.4) is 0 Å². The SMILES string of the molecule is O=C(c1cscn1)N1CC[C@]2(C1)C(=O)NC[C@@H]2COc1ccccn1. The maximum atomic E-state index is 12.5. The molecule has 7 nitrogen and oxygen atoms in total. The molecular formula is C17H18N4O3S. The van der Waals surface area contributed by atoms with Gasteiger partial charge in [-0.15, -0.1) is 11.3 Å². The fourth-order valence-corrected chi connectivity index (χ4v) is 4.14. The van der Waals surface area contributed by atoms with Crippen LogP contribution < -0.4 is 10.1 Å². The van der Waals surface area contributed by atoms with Gasteiger partial charge in [0.1, 0.15) is 5.69 Å². The molecule has 0 bridgehead atoms. The molecule has 2 aromatic heterocycles. The zero-order chi connectivity index (χ0) is 17.3. The second-order valence-corrected chi connectivity index (χ2v) is 7.11. The van der Waals surface area contributed by atoms with Crippen LogP contribution in [-0.2, 0) is 4.79 Å². The molecule has 130 valence electrons. The van der Waals surface area contributed by atoms with Gasteiger partial charge in [0.2, 0.25) is 11.8 Å². The van der Waals surface area contributed by atoms with Crippen LogP contribution in [-0.4, -0.2) is 52.9 Å². The van der Waals surface area contributed by atoms with Gasteiger partial charge in [-0.1, -0.05) is 6.07 Å². The van der Waals surface area contributed by atoms with Gasteiger partial charge in [0.25, 0.3) is 5.91 Å². The molecule has 2 aromatic rings. The Balaban J connectivity index is 1.47. The van der Waals surface area contributed by atoms with Crippen LogP contribution in [0, 0.1) is 11.3 Å². The van der Waals surface area contributed by atoms with E-state index in [-0.39, 0.29) is 17.7 Å². The molecule has 2 aliphatic rings. The summed E-state index contributed by atoms with van der Waals surface area (Å²) in [6.45, 7) is 1.92. The summed E-state index contributed by atoms with van der Waals surface area (Å²) in [6, 6.07) is 5.48. The Morgan fingerprint density at radius 1 is 1.44 bits per heavy atom. The molecule has 4 rings (SSSR count). The van der Waals surface area contributed by atoms with Gasteiger partial charge in [-0.2, -0.15) is 0 Å². The number of ether oxygens (including phenoxy) is 1. The van der Waals surface area contributed by atoms with Crippen LogP contribution in [0.2, 0.25) is 0 Å². The van der Waals surface area contributed by atoms with Crippen molar-refractivity contribution in [1.82, 2.24) is 20.2 Å². The number of carbonyl (C=O) groups excluding carboxylic acids is 2. The number of pyridine rings is 1. The zero-order valence-corrected chi connectivity index (χ0v) is 14.4. The first-order valence-corrected chi connectivity index (χ1v) is 9.13. The lowest BCUT2D eigenvalue weighted by molar-refractivity contribution is -0.128. The highest BCUT2D eigenvalue weighted by Gasteiger charge is 2.55. The molecule has 8 heteroatoms. The molecule has 2 aliphatic heterocycles. The third-order valence-corrected chi connectivity index (χ3v) is 5.64. The van der Waals surface area contributed by atoms with Crippen LogP contribution in [0.5, 0.6) is 5.88 Å². The van der Waals surface area contributed by atoms with E-state index in [0.717, 1.165) is 0 Å². The molecular weight excluding hydrogens is 340 g/mol. The largest absolute Gasteiger partial charge is 0.477 e. The molecule has 1 N–H and O–H groups in total. The highest BCUT2D eigenvalue weighted by Crippen LogP contribution is 2.42. The topological polar surface area (TPSA) is 84.4 Å². The zero-order valence-electron chi connectivity index (χ0n) is 13.6. The van der Waals surface area contributed by atoms with Crippen molar-refractivity contribution in [3.8, 4) is 5.88 Å². The van der Waals surface area contributed by atoms with Gasteiger partial charge in [0.15, 0.2) is 0 Å². The van der Waals surface area contributed by atoms with Crippen molar-refractivity contribution in [3.05, 3.63) is 41.0 Å². The van der Waals surface area contributed by atoms with Gasteiger partial charge in [-0.25, -0.2) is 9.97 Å². The van der Waals surface area contributed by atoms with Gasteiger partial charge in [-0.3, -0.25) is 9.59 Å². The van der Waals surface area contributed by atoms with E-state index in [2.05, 4.69) is 15.3 Å². The first-order valence-electron chi connectivity index (χ1n) is 8.19. The Morgan fingerprint density at radius 2 is 2.36 bits per heavy atom. The normalized spacial score (nSPS) is 25.4. The summed E-state index contributed by atoms with van der Waals surface area (Å²) >= 11 is 1.39. The van der Waals surface area contributed by atoms with Crippen molar-refractivity contribution in [1.29, 1.82) is 0 Å². The van der Waals surface area contributed by atoms with Crippen molar-refractivity contribution in [2.45, 2.75) is 6.42 Å². The van der Waals surface area contributed by atoms with Crippen LogP contribution in [0.15, 0.2) is 35.3 Å². The second kappa shape index (κ2) is 6.44. The number of aromatic nitrogens is 2. The van der Waals surface area contributed by atoms with Gasteiger partial charge in [0.05, 0.1) is 17.5 Å². The molecule has 0 unspecified atom stereocenters. The minimum absolute atomic E-state index is 0.00948. The number of hydrogen-bond acceptors (Lipinski definition) is 6. The van der Waals surface area contributed by atoms with Crippen LogP contribution in [0.4, 0.5) is 0 Å². The smallest absolute Gasteiger partial charge is 0.273 e. The maximum Gasteiger partial charge on any atom is 0.273 e. The lowest BCUT2D eigenvalue weighted by Crippen LogP contribution is -2.41. The Hall–Kier alpha value is -2.48. The standard InChI is InChI=1S/C17H18N4O3S/c22-15(13-9-25-11-20-13)21-6-4-17(10-21)12(7-19-16(17)23)8-24-14-3-1-2-5-18-14/h1-3,5,9,11-12H,4,6-8,10H2,(H,19,23)/t12-,17-/m1/s1. The van der Waals surface area contributed by atoms with Gasteiger partial charge < -0.3 is 15.0 Å². The Kier molecular flexibility index (Phi) is 4.12. The molecule has 0 radical (unpaired) electrons. The summed E-state index contributed by atoms with van der Waals surface area (Å²) in [6.07, 6.45) is 2.32. The number of nitrogens with zero attached hydrogens (tertiary/aromatic N) is 3. The van der Waals surface area contributed by atoms with E-state index < -0.39 is 5.41 Å². The van der Waals surface area contributed by atoms with Crippen molar-refractivity contribution in [3.63, 3.8) is 0 Å². The molecule has 1 spiro atoms. The Bertz CT molecular complexity index is 767. The summed E-state index contributed by atoms with van der Waals surface area (Å²) in [5.41, 5.74) is 1.51. The number of carbonyl (C=O) groups is 2. The van der Waals surface area contributed by atoms with E-state index in [1.807, 2.05) is 12.1 Å². The van der Waals surface area contributed by atoms with E-state index in [1.165, 1.54) is 11.3 Å². The molecule has 0 aromatic carbocycles. The third-order valence-electron chi connectivity index (χ3n) is 5.05. The molecule has 2 saturated heterocycles. The van der Waals surface area contributed by atoms with Crippen LogP contribution in [0.1, 0.15) is 16.9 Å². The Labute approximate surface area is 149 Å². The highest BCUT2D eigenvalue weighted by molar-refractivity contribution is 7.07. The summed E-state index contributed by atoms with van der Waals surface area (Å²) in [4.78, 5) is 35.0. The number of nitrogens with one attached hydrogen (secondary N) is 1. The molecule has 25 heavy (non-hydrogen) atoms. The van der Waals surface area contributed by atoms with Crippen molar-refractivity contribution in [2.75, 3.05) is 26.2 Å². The number of amides is 2. The fourth-order valence-electron chi connectivity index (χ4n) is 3.61. The average molecular weight is 358 g/mol. The summed E-state index contributed by atoms with van der Waals surface area (Å²) in [5.74, 6) is 0.457. The molecule has 0 saturated carbocycles. The minimum atomic E-state index is -0.583. The van der Waals surface area contributed by atoms with Gasteiger partial charge >= 0.3 is 0 Å². The van der Waals surface area contributed by atoms with Crippen molar-refractivity contribution >= 4 is 23.2 Å². The molecule has 2 amide bonds. The minimum Gasteiger partial charge on any atom is -0.477 e. The number of rotatable bonds is 4. The second-order valence-electron chi connectivity index (χ2n) is 6.39. The highest BCUT2D eigenvalue weighted by atomic mass is 32.1.